The molecular weight excluding hydrogens is 242 g/mol. The molecule has 0 aromatic rings. The molecule has 0 bridgehead atoms. The number of hydrogen-bond donors (Lipinski definition) is 1. The molecule has 1 atom stereocenters. The Morgan fingerprint density at radius 2 is 1.25 bits per heavy atom. The maximum atomic E-state index is 3.78. The number of unbranched alkanes of at least 4 members (excludes halogenated alkanes) is 8. The Morgan fingerprint density at radius 3 is 1.80 bits per heavy atom. The Morgan fingerprint density at radius 1 is 0.750 bits per heavy atom. The van der Waals surface area contributed by atoms with Gasteiger partial charge in [-0.15, -0.1) is 0 Å². The molecule has 0 heterocycles. The van der Waals surface area contributed by atoms with Gasteiger partial charge in [-0.3, -0.25) is 0 Å². The minimum absolute atomic E-state index is 0.302. The van der Waals surface area contributed by atoms with Crippen LogP contribution in [0, 0.1) is 5.92 Å². The SMILES string of the molecule is CCCCCCCCCCNC(C)(C)C(C)CCCC. The van der Waals surface area contributed by atoms with E-state index in [0.29, 0.717) is 5.54 Å². The van der Waals surface area contributed by atoms with E-state index in [4.69, 9.17) is 0 Å². The largest absolute Gasteiger partial charge is 0.312 e. The van der Waals surface area contributed by atoms with Gasteiger partial charge in [-0.1, -0.05) is 78.6 Å². The van der Waals surface area contributed by atoms with Gasteiger partial charge in [-0.25, -0.2) is 0 Å². The summed E-state index contributed by atoms with van der Waals surface area (Å²) in [5.74, 6) is 0.775. The van der Waals surface area contributed by atoms with Gasteiger partial charge in [0.2, 0.25) is 0 Å². The van der Waals surface area contributed by atoms with Crippen LogP contribution in [-0.4, -0.2) is 12.1 Å². The first-order chi connectivity index (χ1) is 9.54. The lowest BCUT2D eigenvalue weighted by Gasteiger charge is -2.33. The molecule has 0 amide bonds. The van der Waals surface area contributed by atoms with Crippen molar-refractivity contribution in [3.8, 4) is 0 Å². The quantitative estimate of drug-likeness (QED) is 0.368. The maximum absolute atomic E-state index is 3.78. The van der Waals surface area contributed by atoms with Gasteiger partial charge < -0.3 is 5.32 Å². The van der Waals surface area contributed by atoms with Crippen LogP contribution in [-0.2, 0) is 0 Å². The number of hydrogen-bond acceptors (Lipinski definition) is 1. The van der Waals surface area contributed by atoms with Crippen molar-refractivity contribution in [3.05, 3.63) is 0 Å². The second-order valence-corrected chi connectivity index (χ2v) is 7.17. The molecule has 0 spiro atoms. The molecule has 0 saturated heterocycles. The molecule has 1 heteroatoms. The molecule has 0 fully saturated rings. The van der Waals surface area contributed by atoms with E-state index in [0.717, 1.165) is 5.92 Å². The van der Waals surface area contributed by atoms with E-state index in [-0.39, 0.29) is 0 Å². The fourth-order valence-electron chi connectivity index (χ4n) is 2.71. The third kappa shape index (κ3) is 10.7. The fourth-order valence-corrected chi connectivity index (χ4v) is 2.71. The molecule has 20 heavy (non-hydrogen) atoms. The minimum atomic E-state index is 0.302. The van der Waals surface area contributed by atoms with E-state index in [1.165, 1.54) is 77.2 Å². The van der Waals surface area contributed by atoms with Crippen LogP contribution in [0.2, 0.25) is 0 Å². The zero-order valence-corrected chi connectivity index (χ0v) is 15.1. The molecule has 0 aromatic carbocycles. The van der Waals surface area contributed by atoms with Crippen LogP contribution < -0.4 is 5.32 Å². The highest BCUT2D eigenvalue weighted by atomic mass is 15.0. The zero-order chi connectivity index (χ0) is 15.3. The molecule has 0 saturated carbocycles. The molecule has 1 N–H and O–H groups in total. The maximum Gasteiger partial charge on any atom is 0.0150 e. The van der Waals surface area contributed by atoms with Gasteiger partial charge in [0, 0.05) is 5.54 Å². The summed E-state index contributed by atoms with van der Waals surface area (Å²) in [7, 11) is 0. The molecule has 0 rings (SSSR count). The normalized spacial score (nSPS) is 13.7. The second-order valence-electron chi connectivity index (χ2n) is 7.17. The van der Waals surface area contributed by atoms with Crippen molar-refractivity contribution in [1.29, 1.82) is 0 Å². The summed E-state index contributed by atoms with van der Waals surface area (Å²) in [5.41, 5.74) is 0.302. The highest BCUT2D eigenvalue weighted by Crippen LogP contribution is 2.22. The Balaban J connectivity index is 3.48. The van der Waals surface area contributed by atoms with Gasteiger partial charge in [0.05, 0.1) is 0 Å². The fraction of sp³-hybridized carbons (Fsp3) is 1.00. The Kier molecular flexibility index (Phi) is 12.7. The Hall–Kier alpha value is -0.0400. The smallest absolute Gasteiger partial charge is 0.0150 e. The first-order valence-electron chi connectivity index (χ1n) is 9.29. The lowest BCUT2D eigenvalue weighted by Crippen LogP contribution is -2.45. The monoisotopic (exact) mass is 283 g/mol. The zero-order valence-electron chi connectivity index (χ0n) is 15.1. The summed E-state index contributed by atoms with van der Waals surface area (Å²) in [4.78, 5) is 0. The molecule has 0 aliphatic carbocycles. The summed E-state index contributed by atoms with van der Waals surface area (Å²) in [6.45, 7) is 12.9. The van der Waals surface area contributed by atoms with Crippen molar-refractivity contribution in [2.24, 2.45) is 5.92 Å². The van der Waals surface area contributed by atoms with Crippen LogP contribution in [0.4, 0.5) is 0 Å². The molecule has 1 nitrogen and oxygen atoms in total. The van der Waals surface area contributed by atoms with Gasteiger partial charge >= 0.3 is 0 Å². The first kappa shape index (κ1) is 20.0. The Bertz CT molecular complexity index is 198. The predicted molar refractivity (Wildman–Crippen MR) is 93.4 cm³/mol. The lowest BCUT2D eigenvalue weighted by molar-refractivity contribution is 0.251. The van der Waals surface area contributed by atoms with E-state index in [1.807, 2.05) is 0 Å². The second kappa shape index (κ2) is 12.7. The lowest BCUT2D eigenvalue weighted by atomic mass is 9.85. The molecule has 0 aliphatic rings. The van der Waals surface area contributed by atoms with Crippen molar-refractivity contribution >= 4 is 0 Å². The molecule has 0 radical (unpaired) electrons. The average molecular weight is 284 g/mol. The van der Waals surface area contributed by atoms with Gasteiger partial charge in [0.15, 0.2) is 0 Å². The summed E-state index contributed by atoms with van der Waals surface area (Å²) in [6.07, 6.45) is 15.3. The van der Waals surface area contributed by atoms with Crippen molar-refractivity contribution in [2.75, 3.05) is 6.54 Å². The van der Waals surface area contributed by atoms with E-state index >= 15 is 0 Å². The first-order valence-corrected chi connectivity index (χ1v) is 9.29. The number of nitrogens with one attached hydrogen (secondary N) is 1. The molecule has 0 aromatic heterocycles. The van der Waals surface area contributed by atoms with Gasteiger partial charge in [0.25, 0.3) is 0 Å². The van der Waals surface area contributed by atoms with Crippen molar-refractivity contribution in [1.82, 2.24) is 5.32 Å². The molecule has 122 valence electrons. The third-order valence-corrected chi connectivity index (χ3v) is 4.83. The summed E-state index contributed by atoms with van der Waals surface area (Å²) in [5, 5.41) is 3.78. The van der Waals surface area contributed by atoms with Gasteiger partial charge in [-0.2, -0.15) is 0 Å². The van der Waals surface area contributed by atoms with Crippen molar-refractivity contribution in [3.63, 3.8) is 0 Å². The van der Waals surface area contributed by atoms with Crippen LogP contribution in [0.1, 0.15) is 105 Å². The van der Waals surface area contributed by atoms with Crippen molar-refractivity contribution in [2.45, 2.75) is 111 Å². The van der Waals surface area contributed by atoms with E-state index in [1.54, 1.807) is 0 Å². The summed E-state index contributed by atoms with van der Waals surface area (Å²) >= 11 is 0. The van der Waals surface area contributed by atoms with E-state index < -0.39 is 0 Å². The minimum Gasteiger partial charge on any atom is -0.312 e. The van der Waals surface area contributed by atoms with E-state index in [2.05, 4.69) is 39.9 Å². The average Bonchev–Trinajstić information content (AvgIpc) is 2.42. The summed E-state index contributed by atoms with van der Waals surface area (Å²) < 4.78 is 0. The molecule has 0 aliphatic heterocycles. The highest BCUT2D eigenvalue weighted by molar-refractivity contribution is 4.83. The topological polar surface area (TPSA) is 12.0 Å². The van der Waals surface area contributed by atoms with Crippen LogP contribution in [0.5, 0.6) is 0 Å². The van der Waals surface area contributed by atoms with Crippen LogP contribution in [0.3, 0.4) is 0 Å². The van der Waals surface area contributed by atoms with Gasteiger partial charge in [0.1, 0.15) is 0 Å². The Labute approximate surface area is 129 Å². The highest BCUT2D eigenvalue weighted by Gasteiger charge is 2.23. The van der Waals surface area contributed by atoms with Gasteiger partial charge in [-0.05, 0) is 39.2 Å². The van der Waals surface area contributed by atoms with Crippen molar-refractivity contribution < 1.29 is 0 Å². The van der Waals surface area contributed by atoms with E-state index in [9.17, 15) is 0 Å². The standard InChI is InChI=1S/C19H41N/c1-6-8-10-11-12-13-14-15-17-20-19(4,5)18(3)16-9-7-2/h18,20H,6-17H2,1-5H3. The number of rotatable bonds is 14. The van der Waals surface area contributed by atoms with Crippen LogP contribution >= 0.6 is 0 Å². The third-order valence-electron chi connectivity index (χ3n) is 4.83. The summed E-state index contributed by atoms with van der Waals surface area (Å²) in [6, 6.07) is 0. The molecule has 1 unspecified atom stereocenters. The van der Waals surface area contributed by atoms with Crippen LogP contribution in [0.25, 0.3) is 0 Å². The molecular formula is C19H41N. The predicted octanol–water partition coefficient (Wildman–Crippen LogP) is 6.32. The van der Waals surface area contributed by atoms with Crippen LogP contribution in [0.15, 0.2) is 0 Å².